The quantitative estimate of drug-likeness (QED) is 0.939. The predicted molar refractivity (Wildman–Crippen MR) is 89.9 cm³/mol. The van der Waals surface area contributed by atoms with Crippen LogP contribution < -0.4 is 5.32 Å². The number of rotatable bonds is 3. The first-order valence-corrected chi connectivity index (χ1v) is 8.54. The van der Waals surface area contributed by atoms with Crippen LogP contribution in [0, 0.1) is 5.82 Å². The average molecular weight is 333 g/mol. The number of halogens is 1. The minimum absolute atomic E-state index is 0.0456. The monoisotopic (exact) mass is 333 g/mol. The van der Waals surface area contributed by atoms with E-state index < -0.39 is 0 Å². The molecule has 122 valence electrons. The van der Waals surface area contributed by atoms with Crippen LogP contribution in [0.25, 0.3) is 11.3 Å². The molecule has 6 heteroatoms. The van der Waals surface area contributed by atoms with Crippen molar-refractivity contribution >= 4 is 17.2 Å². The van der Waals surface area contributed by atoms with Crippen LogP contribution in [0.2, 0.25) is 0 Å². The minimum Gasteiger partial charge on any atom is -0.339 e. The second-order valence-electron chi connectivity index (χ2n) is 6.44. The highest BCUT2D eigenvalue weighted by Crippen LogP contribution is 2.23. The second kappa shape index (κ2) is 6.37. The van der Waals surface area contributed by atoms with E-state index in [-0.39, 0.29) is 17.3 Å². The molecule has 1 aliphatic rings. The van der Waals surface area contributed by atoms with E-state index in [1.807, 2.05) is 10.3 Å². The number of thiazole rings is 1. The van der Waals surface area contributed by atoms with Crippen LogP contribution in [0.1, 0.15) is 18.9 Å². The fourth-order valence-electron chi connectivity index (χ4n) is 2.74. The summed E-state index contributed by atoms with van der Waals surface area (Å²) in [6.45, 7) is 6.46. The molecule has 0 spiro atoms. The third kappa shape index (κ3) is 3.95. The number of aromatic nitrogens is 1. The lowest BCUT2D eigenvalue weighted by atomic mass is 10.0. The summed E-state index contributed by atoms with van der Waals surface area (Å²) < 4.78 is 13.0. The van der Waals surface area contributed by atoms with Crippen molar-refractivity contribution in [2.45, 2.75) is 25.8 Å². The number of hydrogen-bond donors (Lipinski definition) is 1. The van der Waals surface area contributed by atoms with E-state index in [1.165, 1.54) is 23.5 Å². The van der Waals surface area contributed by atoms with Gasteiger partial charge in [0.1, 0.15) is 10.8 Å². The Hall–Kier alpha value is -1.79. The molecule has 0 bridgehead atoms. The molecule has 1 aromatic carbocycles. The summed E-state index contributed by atoms with van der Waals surface area (Å²) in [5.41, 5.74) is 1.61. The maximum absolute atomic E-state index is 13.0. The highest BCUT2D eigenvalue weighted by Gasteiger charge is 2.28. The number of benzene rings is 1. The number of nitrogens with one attached hydrogen (secondary N) is 1. The molecule has 0 aliphatic carbocycles. The van der Waals surface area contributed by atoms with Crippen molar-refractivity contribution in [3.8, 4) is 11.3 Å². The molecule has 0 unspecified atom stereocenters. The molecule has 2 aromatic rings. The molecule has 4 nitrogen and oxygen atoms in total. The van der Waals surface area contributed by atoms with E-state index in [0.29, 0.717) is 13.0 Å². The minimum atomic E-state index is -0.263. The van der Waals surface area contributed by atoms with Crippen molar-refractivity contribution in [3.63, 3.8) is 0 Å². The maximum Gasteiger partial charge on any atom is 0.229 e. The number of piperazine rings is 1. The number of nitrogens with zero attached hydrogens (tertiary/aromatic N) is 2. The molecule has 3 rings (SSSR count). The molecule has 1 saturated heterocycles. The summed E-state index contributed by atoms with van der Waals surface area (Å²) in [6.07, 6.45) is 0.321. The van der Waals surface area contributed by atoms with Crippen molar-refractivity contribution in [1.82, 2.24) is 15.2 Å². The molecule has 1 N–H and O–H groups in total. The van der Waals surface area contributed by atoms with Crippen LogP contribution in [0.15, 0.2) is 29.6 Å². The summed E-state index contributed by atoms with van der Waals surface area (Å²) in [5.74, 6) is -0.153. The standard InChI is InChI=1S/C17H20FN3OS/c1-17(2)11-21(8-7-19-17)16(22)9-15-20-14(10-23-15)12-3-5-13(18)6-4-12/h3-6,10,19H,7-9,11H2,1-2H3. The second-order valence-corrected chi connectivity index (χ2v) is 7.38. The lowest BCUT2D eigenvalue weighted by molar-refractivity contribution is -0.132. The molecular formula is C17H20FN3OS. The predicted octanol–water partition coefficient (Wildman–Crippen LogP) is 2.70. The number of carbonyl (C=O) groups excluding carboxylic acids is 1. The van der Waals surface area contributed by atoms with Crippen molar-refractivity contribution in [2.75, 3.05) is 19.6 Å². The van der Waals surface area contributed by atoms with Crippen LogP contribution in [-0.4, -0.2) is 41.0 Å². The van der Waals surface area contributed by atoms with Crippen LogP contribution >= 0.6 is 11.3 Å². The molecule has 1 amide bonds. The number of amides is 1. The first kappa shape index (κ1) is 16.1. The third-order valence-electron chi connectivity index (χ3n) is 3.92. The highest BCUT2D eigenvalue weighted by atomic mass is 32.1. The van der Waals surface area contributed by atoms with E-state index in [0.717, 1.165) is 29.4 Å². The van der Waals surface area contributed by atoms with Gasteiger partial charge >= 0.3 is 0 Å². The fourth-order valence-corrected chi connectivity index (χ4v) is 3.54. The molecule has 23 heavy (non-hydrogen) atoms. The van der Waals surface area contributed by atoms with E-state index in [9.17, 15) is 9.18 Å². The van der Waals surface area contributed by atoms with E-state index in [1.54, 1.807) is 12.1 Å². The van der Waals surface area contributed by atoms with Gasteiger partial charge in [0.25, 0.3) is 0 Å². The molecule has 0 atom stereocenters. The van der Waals surface area contributed by atoms with E-state index in [4.69, 9.17) is 0 Å². The maximum atomic E-state index is 13.0. The normalized spacial score (nSPS) is 17.3. The fraction of sp³-hybridized carbons (Fsp3) is 0.412. The topological polar surface area (TPSA) is 45.2 Å². The van der Waals surface area contributed by atoms with E-state index >= 15 is 0 Å². The van der Waals surface area contributed by atoms with Crippen molar-refractivity contribution in [3.05, 3.63) is 40.5 Å². The Morgan fingerprint density at radius 1 is 1.39 bits per heavy atom. The van der Waals surface area contributed by atoms with Gasteiger partial charge in [-0.1, -0.05) is 0 Å². The van der Waals surface area contributed by atoms with Gasteiger partial charge in [0.05, 0.1) is 12.1 Å². The lowest BCUT2D eigenvalue weighted by Crippen LogP contribution is -2.58. The third-order valence-corrected chi connectivity index (χ3v) is 4.77. The Morgan fingerprint density at radius 2 is 2.13 bits per heavy atom. The van der Waals surface area contributed by atoms with Crippen molar-refractivity contribution in [2.24, 2.45) is 0 Å². The van der Waals surface area contributed by atoms with Gasteiger partial charge in [0, 0.05) is 36.1 Å². The molecule has 0 saturated carbocycles. The summed E-state index contributed by atoms with van der Waals surface area (Å²) in [4.78, 5) is 18.9. The van der Waals surface area contributed by atoms with Gasteiger partial charge in [-0.25, -0.2) is 9.37 Å². The Morgan fingerprint density at radius 3 is 2.83 bits per heavy atom. The molecule has 1 fully saturated rings. The summed E-state index contributed by atoms with van der Waals surface area (Å²) in [5, 5.41) is 6.11. The molecule has 1 aliphatic heterocycles. The van der Waals surface area contributed by atoms with Gasteiger partial charge in [0.2, 0.25) is 5.91 Å². The summed E-state index contributed by atoms with van der Waals surface area (Å²) >= 11 is 1.47. The SMILES string of the molecule is CC1(C)CN(C(=O)Cc2nc(-c3ccc(F)cc3)cs2)CCN1. The molecular weight excluding hydrogens is 313 g/mol. The summed E-state index contributed by atoms with van der Waals surface area (Å²) in [6, 6.07) is 6.24. The first-order valence-electron chi connectivity index (χ1n) is 7.66. The van der Waals surface area contributed by atoms with Gasteiger partial charge in [0.15, 0.2) is 0 Å². The molecule has 1 aromatic heterocycles. The van der Waals surface area contributed by atoms with Gasteiger partial charge in [-0.3, -0.25) is 4.79 Å². The molecule has 0 radical (unpaired) electrons. The smallest absolute Gasteiger partial charge is 0.229 e. The average Bonchev–Trinajstić information content (AvgIpc) is 2.95. The van der Waals surface area contributed by atoms with Crippen LogP contribution in [0.5, 0.6) is 0 Å². The van der Waals surface area contributed by atoms with Gasteiger partial charge < -0.3 is 10.2 Å². The van der Waals surface area contributed by atoms with Gasteiger partial charge in [-0.15, -0.1) is 11.3 Å². The van der Waals surface area contributed by atoms with E-state index in [2.05, 4.69) is 24.1 Å². The van der Waals surface area contributed by atoms with Gasteiger partial charge in [-0.05, 0) is 38.1 Å². The Balaban J connectivity index is 1.67. The Labute approximate surface area is 139 Å². The van der Waals surface area contributed by atoms with Crippen molar-refractivity contribution in [1.29, 1.82) is 0 Å². The Bertz CT molecular complexity index is 696. The zero-order valence-electron chi connectivity index (χ0n) is 13.3. The van der Waals surface area contributed by atoms with Gasteiger partial charge in [-0.2, -0.15) is 0 Å². The van der Waals surface area contributed by atoms with Crippen molar-refractivity contribution < 1.29 is 9.18 Å². The van der Waals surface area contributed by atoms with Crippen LogP contribution in [-0.2, 0) is 11.2 Å². The number of carbonyl (C=O) groups is 1. The Kier molecular flexibility index (Phi) is 4.46. The zero-order chi connectivity index (χ0) is 16.4. The molecule has 2 heterocycles. The number of hydrogen-bond acceptors (Lipinski definition) is 4. The largest absolute Gasteiger partial charge is 0.339 e. The first-order chi connectivity index (χ1) is 10.9. The van der Waals surface area contributed by atoms with Crippen LogP contribution in [0.3, 0.4) is 0 Å². The highest BCUT2D eigenvalue weighted by molar-refractivity contribution is 7.10. The lowest BCUT2D eigenvalue weighted by Gasteiger charge is -2.39. The van der Waals surface area contributed by atoms with Crippen LogP contribution in [0.4, 0.5) is 4.39 Å². The summed E-state index contributed by atoms with van der Waals surface area (Å²) in [7, 11) is 0. The zero-order valence-corrected chi connectivity index (χ0v) is 14.1.